The van der Waals surface area contributed by atoms with Crippen LogP contribution in [0.2, 0.25) is 0 Å². The van der Waals surface area contributed by atoms with Gasteiger partial charge in [-0.05, 0) is 44.0 Å². The van der Waals surface area contributed by atoms with E-state index in [0.29, 0.717) is 17.9 Å². The van der Waals surface area contributed by atoms with Crippen LogP contribution in [-0.4, -0.2) is 67.0 Å². The quantitative estimate of drug-likeness (QED) is 0.703. The largest absolute Gasteiger partial charge is 0.335 e. The highest BCUT2D eigenvalue weighted by atomic mass is 16.2. The molecule has 0 saturated carbocycles. The summed E-state index contributed by atoms with van der Waals surface area (Å²) in [6, 6.07) is 8.93. The summed E-state index contributed by atoms with van der Waals surface area (Å²) in [7, 11) is 0. The second-order valence-electron chi connectivity index (χ2n) is 7.91. The van der Waals surface area contributed by atoms with Crippen molar-refractivity contribution in [1.29, 1.82) is 0 Å². The molecule has 0 bridgehead atoms. The van der Waals surface area contributed by atoms with Gasteiger partial charge in [-0.3, -0.25) is 14.1 Å². The summed E-state index contributed by atoms with van der Waals surface area (Å²) in [6.45, 7) is 5.15. The third kappa shape index (κ3) is 3.05. The Labute approximate surface area is 164 Å². The molecule has 2 aliphatic heterocycles. The number of carbonyl (C=O) groups is 1. The molecule has 2 fully saturated rings. The zero-order valence-electron chi connectivity index (χ0n) is 16.0. The summed E-state index contributed by atoms with van der Waals surface area (Å²) in [6.07, 6.45) is 9.21. The van der Waals surface area contributed by atoms with Gasteiger partial charge in [0, 0.05) is 48.7 Å². The number of amides is 1. The van der Waals surface area contributed by atoms with Crippen LogP contribution < -0.4 is 0 Å². The molecule has 3 aromatic rings. The fourth-order valence-electron chi connectivity index (χ4n) is 4.39. The molecule has 5 rings (SSSR count). The first-order valence-electron chi connectivity index (χ1n) is 10.00. The number of piperidine rings is 1. The molecule has 2 saturated heterocycles. The van der Waals surface area contributed by atoms with Gasteiger partial charge in [0.05, 0.1) is 0 Å². The minimum absolute atomic E-state index is 0.112. The number of rotatable bonds is 3. The number of nitrogens with zero attached hydrogens (tertiary/aromatic N) is 6. The molecule has 1 amide bonds. The van der Waals surface area contributed by atoms with Crippen molar-refractivity contribution in [2.24, 2.45) is 0 Å². The highest BCUT2D eigenvalue weighted by molar-refractivity contribution is 5.96. The molecule has 7 nitrogen and oxygen atoms in total. The highest BCUT2D eigenvalue weighted by Gasteiger charge is 2.37. The van der Waals surface area contributed by atoms with Gasteiger partial charge in [0.25, 0.3) is 11.7 Å². The van der Waals surface area contributed by atoms with E-state index in [9.17, 15) is 4.79 Å². The Morgan fingerprint density at radius 2 is 2.07 bits per heavy atom. The average molecular weight is 376 g/mol. The average Bonchev–Trinajstić information content (AvgIpc) is 3.16. The molecule has 144 valence electrons. The number of fused-ring (bicyclic) bond motifs is 1. The van der Waals surface area contributed by atoms with Gasteiger partial charge >= 0.3 is 0 Å². The van der Waals surface area contributed by atoms with Crippen LogP contribution in [0.1, 0.15) is 36.5 Å². The van der Waals surface area contributed by atoms with E-state index >= 15 is 0 Å². The van der Waals surface area contributed by atoms with Gasteiger partial charge < -0.3 is 4.90 Å². The van der Waals surface area contributed by atoms with Crippen molar-refractivity contribution in [1.82, 2.24) is 29.4 Å². The van der Waals surface area contributed by atoms with Gasteiger partial charge in [-0.25, -0.2) is 4.98 Å². The summed E-state index contributed by atoms with van der Waals surface area (Å²) in [5.41, 5.74) is 2.63. The molecule has 7 heteroatoms. The lowest BCUT2D eigenvalue weighted by Gasteiger charge is -2.49. The number of hydrogen-bond donors (Lipinski definition) is 0. The lowest BCUT2D eigenvalue weighted by atomic mass is 9.96. The first-order chi connectivity index (χ1) is 13.7. The molecular weight excluding hydrogens is 352 g/mol. The maximum atomic E-state index is 13.0. The molecule has 0 N–H and O–H groups in total. The summed E-state index contributed by atoms with van der Waals surface area (Å²) >= 11 is 0. The minimum Gasteiger partial charge on any atom is -0.335 e. The molecule has 0 unspecified atom stereocenters. The van der Waals surface area contributed by atoms with Gasteiger partial charge in [-0.1, -0.05) is 18.6 Å². The number of hydrogen-bond acceptors (Lipinski definition) is 5. The van der Waals surface area contributed by atoms with Crippen LogP contribution in [0.25, 0.3) is 16.9 Å². The smallest absolute Gasteiger partial charge is 0.254 e. The summed E-state index contributed by atoms with van der Waals surface area (Å²) in [5, 5.41) is 7.79. The van der Waals surface area contributed by atoms with E-state index in [4.69, 9.17) is 0 Å². The molecule has 0 radical (unpaired) electrons. The van der Waals surface area contributed by atoms with Crippen LogP contribution in [0.5, 0.6) is 0 Å². The number of benzene rings is 1. The fraction of sp³-hybridized carbons (Fsp3) is 0.429. The summed E-state index contributed by atoms with van der Waals surface area (Å²) in [5.74, 6) is 0.677. The number of likely N-dealkylation sites (tertiary alicyclic amines) is 2. The SMILES string of the molecule is C[C@@H]1CCCCN1C1CN(C(=O)c2cccc(-c3cnc4nncn4c3)c2)C1. The Morgan fingerprint density at radius 1 is 1.18 bits per heavy atom. The summed E-state index contributed by atoms with van der Waals surface area (Å²) in [4.78, 5) is 21.8. The lowest BCUT2D eigenvalue weighted by molar-refractivity contribution is 0.00213. The Balaban J connectivity index is 1.30. The highest BCUT2D eigenvalue weighted by Crippen LogP contribution is 2.26. The maximum absolute atomic E-state index is 13.0. The van der Waals surface area contributed by atoms with E-state index in [1.54, 1.807) is 16.9 Å². The Hall–Kier alpha value is -2.80. The molecule has 2 aliphatic rings. The van der Waals surface area contributed by atoms with Gasteiger partial charge in [0.2, 0.25) is 0 Å². The minimum atomic E-state index is 0.112. The zero-order valence-corrected chi connectivity index (χ0v) is 16.0. The van der Waals surface area contributed by atoms with E-state index in [2.05, 4.69) is 27.0 Å². The molecule has 4 heterocycles. The number of aromatic nitrogens is 4. The van der Waals surface area contributed by atoms with Gasteiger partial charge in [0.1, 0.15) is 6.33 Å². The Kier molecular flexibility index (Phi) is 4.31. The van der Waals surface area contributed by atoms with Crippen molar-refractivity contribution in [3.05, 3.63) is 48.5 Å². The normalized spacial score (nSPS) is 21.0. The predicted molar refractivity (Wildman–Crippen MR) is 106 cm³/mol. The molecular formula is C21H24N6O. The van der Waals surface area contributed by atoms with Crippen LogP contribution in [0.4, 0.5) is 0 Å². The van der Waals surface area contributed by atoms with Crippen molar-refractivity contribution in [2.45, 2.75) is 38.3 Å². The van der Waals surface area contributed by atoms with Crippen molar-refractivity contribution in [3.63, 3.8) is 0 Å². The van der Waals surface area contributed by atoms with Crippen molar-refractivity contribution >= 4 is 11.7 Å². The van der Waals surface area contributed by atoms with Gasteiger partial charge in [0.15, 0.2) is 0 Å². The van der Waals surface area contributed by atoms with E-state index in [-0.39, 0.29) is 5.91 Å². The van der Waals surface area contributed by atoms with Crippen molar-refractivity contribution in [3.8, 4) is 11.1 Å². The third-order valence-corrected chi connectivity index (χ3v) is 6.07. The van der Waals surface area contributed by atoms with E-state index < -0.39 is 0 Å². The van der Waals surface area contributed by atoms with E-state index in [1.165, 1.54) is 25.8 Å². The van der Waals surface area contributed by atoms with Crippen LogP contribution in [-0.2, 0) is 0 Å². The predicted octanol–water partition coefficient (Wildman–Crippen LogP) is 2.49. The molecule has 0 aliphatic carbocycles. The second kappa shape index (κ2) is 6.98. The van der Waals surface area contributed by atoms with Crippen LogP contribution in [0, 0.1) is 0 Å². The van der Waals surface area contributed by atoms with E-state index in [1.807, 2.05) is 35.4 Å². The first kappa shape index (κ1) is 17.3. The zero-order chi connectivity index (χ0) is 19.1. The van der Waals surface area contributed by atoms with Crippen LogP contribution >= 0.6 is 0 Å². The van der Waals surface area contributed by atoms with Crippen LogP contribution in [0.15, 0.2) is 43.0 Å². The Morgan fingerprint density at radius 3 is 2.93 bits per heavy atom. The fourth-order valence-corrected chi connectivity index (χ4v) is 4.39. The maximum Gasteiger partial charge on any atom is 0.254 e. The second-order valence-corrected chi connectivity index (χ2v) is 7.91. The van der Waals surface area contributed by atoms with Gasteiger partial charge in [-0.15, -0.1) is 10.2 Å². The molecule has 1 aromatic carbocycles. The standard InChI is InChI=1S/C21H24N6O/c1-15-5-2-3-8-27(15)19-12-25(13-19)20(28)17-7-4-6-16(9-17)18-10-22-21-24-23-14-26(21)11-18/h4,6-7,9-11,14-15,19H,2-3,5,8,12-13H2,1H3/t15-/m1/s1. The molecule has 2 aromatic heterocycles. The lowest BCUT2D eigenvalue weighted by Crippen LogP contribution is -2.63. The van der Waals surface area contributed by atoms with E-state index in [0.717, 1.165) is 29.8 Å². The molecule has 28 heavy (non-hydrogen) atoms. The summed E-state index contributed by atoms with van der Waals surface area (Å²) < 4.78 is 1.78. The first-order valence-corrected chi connectivity index (χ1v) is 10.00. The Bertz CT molecular complexity index is 1010. The molecule has 1 atom stereocenters. The van der Waals surface area contributed by atoms with Crippen molar-refractivity contribution < 1.29 is 4.79 Å². The van der Waals surface area contributed by atoms with Crippen molar-refractivity contribution in [2.75, 3.05) is 19.6 Å². The third-order valence-electron chi connectivity index (χ3n) is 6.07. The topological polar surface area (TPSA) is 66.6 Å². The molecule has 0 spiro atoms. The van der Waals surface area contributed by atoms with Gasteiger partial charge in [-0.2, -0.15) is 0 Å². The number of carbonyl (C=O) groups excluding carboxylic acids is 1. The van der Waals surface area contributed by atoms with Crippen LogP contribution in [0.3, 0.4) is 0 Å². The monoisotopic (exact) mass is 376 g/mol.